The van der Waals surface area contributed by atoms with Crippen LogP contribution in [0.3, 0.4) is 0 Å². The van der Waals surface area contributed by atoms with Gasteiger partial charge in [-0.3, -0.25) is 4.79 Å². The molecule has 1 aliphatic heterocycles. The number of nitrogens with zero attached hydrogens (tertiary/aromatic N) is 3. The Balaban J connectivity index is 1.41. The number of hydrogen-bond acceptors (Lipinski definition) is 3. The van der Waals surface area contributed by atoms with Crippen molar-refractivity contribution in [3.8, 4) is 0 Å². The van der Waals surface area contributed by atoms with E-state index in [-0.39, 0.29) is 12.5 Å². The average molecular weight is 305 g/mol. The van der Waals surface area contributed by atoms with Crippen molar-refractivity contribution < 1.29 is 9.53 Å². The molecule has 0 N–H and O–H groups in total. The number of rotatable bonds is 5. The van der Waals surface area contributed by atoms with E-state index in [2.05, 4.69) is 9.55 Å². The number of likely N-dealkylation sites (N-methyl/N-ethyl adjacent to an activating group) is 1. The second-order valence-corrected chi connectivity index (χ2v) is 6.74. The molecule has 1 aliphatic carbocycles. The highest BCUT2D eigenvalue weighted by molar-refractivity contribution is 5.77. The van der Waals surface area contributed by atoms with Crippen molar-refractivity contribution in [3.05, 3.63) is 18.2 Å². The van der Waals surface area contributed by atoms with E-state index in [0.717, 1.165) is 44.6 Å². The zero-order chi connectivity index (χ0) is 15.4. The molecule has 3 rings (SSSR count). The number of fused-ring (bicyclic) bond motifs is 1. The van der Waals surface area contributed by atoms with Crippen LogP contribution in [0.1, 0.15) is 44.3 Å². The Morgan fingerprint density at radius 2 is 2.18 bits per heavy atom. The second kappa shape index (κ2) is 7.27. The molecule has 1 saturated carbocycles. The standard InChI is InChI=1S/C17H27N3O2/c1-19(17(21)13-22-15-5-3-2-4-6-15)12-14-7-9-20-10-8-18-16(20)11-14/h8,10,14-15H,2-7,9,11-13H2,1H3/t14-/m1/s1. The van der Waals surface area contributed by atoms with Crippen molar-refractivity contribution in [2.75, 3.05) is 20.2 Å². The molecular weight excluding hydrogens is 278 g/mol. The third kappa shape index (κ3) is 3.88. The number of aromatic nitrogens is 2. The molecule has 1 atom stereocenters. The van der Waals surface area contributed by atoms with E-state index in [9.17, 15) is 4.79 Å². The lowest BCUT2D eigenvalue weighted by atomic mass is 9.97. The summed E-state index contributed by atoms with van der Waals surface area (Å²) < 4.78 is 8.00. The highest BCUT2D eigenvalue weighted by Gasteiger charge is 2.23. The van der Waals surface area contributed by atoms with E-state index in [1.807, 2.05) is 24.3 Å². The maximum absolute atomic E-state index is 12.2. The molecule has 5 nitrogen and oxygen atoms in total. The molecule has 1 amide bonds. The molecule has 0 bridgehead atoms. The smallest absolute Gasteiger partial charge is 0.248 e. The number of aryl methyl sites for hydroxylation is 1. The highest BCUT2D eigenvalue weighted by Crippen LogP contribution is 2.21. The Morgan fingerprint density at radius 1 is 1.36 bits per heavy atom. The Bertz CT molecular complexity index is 494. The molecule has 0 radical (unpaired) electrons. The monoisotopic (exact) mass is 305 g/mol. The summed E-state index contributed by atoms with van der Waals surface area (Å²) in [4.78, 5) is 18.5. The van der Waals surface area contributed by atoms with Gasteiger partial charge in [0.05, 0.1) is 6.10 Å². The first-order chi connectivity index (χ1) is 10.7. The van der Waals surface area contributed by atoms with Crippen LogP contribution < -0.4 is 0 Å². The van der Waals surface area contributed by atoms with Crippen LogP contribution in [0.5, 0.6) is 0 Å². The molecular formula is C17H27N3O2. The average Bonchev–Trinajstić information content (AvgIpc) is 3.01. The van der Waals surface area contributed by atoms with Crippen molar-refractivity contribution in [1.29, 1.82) is 0 Å². The zero-order valence-electron chi connectivity index (χ0n) is 13.5. The molecule has 1 aromatic heterocycles. The number of carbonyl (C=O) groups is 1. The van der Waals surface area contributed by atoms with Crippen molar-refractivity contribution >= 4 is 5.91 Å². The topological polar surface area (TPSA) is 47.4 Å². The molecule has 0 saturated heterocycles. The third-order valence-electron chi connectivity index (χ3n) is 5.00. The van der Waals surface area contributed by atoms with E-state index in [4.69, 9.17) is 4.74 Å². The normalized spacial score (nSPS) is 22.3. The van der Waals surface area contributed by atoms with Gasteiger partial charge in [-0.05, 0) is 25.2 Å². The van der Waals surface area contributed by atoms with Crippen molar-refractivity contribution in [3.63, 3.8) is 0 Å². The maximum atomic E-state index is 12.2. The number of ether oxygens (including phenoxy) is 1. The van der Waals surface area contributed by atoms with Gasteiger partial charge in [0, 0.05) is 39.0 Å². The van der Waals surface area contributed by atoms with Gasteiger partial charge in [0.2, 0.25) is 5.91 Å². The van der Waals surface area contributed by atoms with Crippen LogP contribution in [0.2, 0.25) is 0 Å². The van der Waals surface area contributed by atoms with Gasteiger partial charge in [-0.25, -0.2) is 4.98 Å². The van der Waals surface area contributed by atoms with E-state index in [1.165, 1.54) is 19.3 Å². The van der Waals surface area contributed by atoms with E-state index in [0.29, 0.717) is 12.0 Å². The predicted octanol–water partition coefficient (Wildman–Crippen LogP) is 2.25. The zero-order valence-corrected chi connectivity index (χ0v) is 13.5. The lowest BCUT2D eigenvalue weighted by Gasteiger charge is -2.28. The van der Waals surface area contributed by atoms with Crippen LogP contribution in [0.25, 0.3) is 0 Å². The minimum Gasteiger partial charge on any atom is -0.368 e. The van der Waals surface area contributed by atoms with Crippen LogP contribution in [-0.4, -0.2) is 46.7 Å². The summed E-state index contributed by atoms with van der Waals surface area (Å²) in [7, 11) is 1.90. The predicted molar refractivity (Wildman–Crippen MR) is 84.5 cm³/mol. The maximum Gasteiger partial charge on any atom is 0.248 e. The van der Waals surface area contributed by atoms with E-state index >= 15 is 0 Å². The molecule has 2 heterocycles. The van der Waals surface area contributed by atoms with Crippen LogP contribution in [-0.2, 0) is 22.5 Å². The fourth-order valence-corrected chi connectivity index (χ4v) is 3.59. The minimum atomic E-state index is 0.111. The van der Waals surface area contributed by atoms with Gasteiger partial charge in [0.1, 0.15) is 12.4 Å². The Labute approximate surface area is 132 Å². The van der Waals surface area contributed by atoms with Gasteiger partial charge in [-0.1, -0.05) is 19.3 Å². The number of imidazole rings is 1. The molecule has 2 aliphatic rings. The first-order valence-electron chi connectivity index (χ1n) is 8.58. The fraction of sp³-hybridized carbons (Fsp3) is 0.765. The quantitative estimate of drug-likeness (QED) is 0.838. The van der Waals surface area contributed by atoms with Gasteiger partial charge in [-0.2, -0.15) is 0 Å². The number of amides is 1. The van der Waals surface area contributed by atoms with Crippen LogP contribution in [0, 0.1) is 5.92 Å². The first-order valence-corrected chi connectivity index (χ1v) is 8.58. The highest BCUT2D eigenvalue weighted by atomic mass is 16.5. The van der Waals surface area contributed by atoms with Gasteiger partial charge < -0.3 is 14.2 Å². The Kier molecular flexibility index (Phi) is 5.13. The Hall–Kier alpha value is -1.36. The summed E-state index contributed by atoms with van der Waals surface area (Å²) in [6, 6.07) is 0. The van der Waals surface area contributed by atoms with Gasteiger partial charge in [0.15, 0.2) is 0 Å². The van der Waals surface area contributed by atoms with Crippen molar-refractivity contribution in [2.45, 2.75) is 57.6 Å². The molecule has 122 valence electrons. The summed E-state index contributed by atoms with van der Waals surface area (Å²) in [5, 5.41) is 0. The van der Waals surface area contributed by atoms with E-state index < -0.39 is 0 Å². The largest absolute Gasteiger partial charge is 0.368 e. The fourth-order valence-electron chi connectivity index (χ4n) is 3.59. The Morgan fingerprint density at radius 3 is 3.00 bits per heavy atom. The molecule has 0 aromatic carbocycles. The summed E-state index contributed by atoms with van der Waals surface area (Å²) in [6.45, 7) is 2.06. The summed E-state index contributed by atoms with van der Waals surface area (Å²) in [5.74, 6) is 1.77. The van der Waals surface area contributed by atoms with Crippen LogP contribution in [0.4, 0.5) is 0 Å². The number of hydrogen-bond donors (Lipinski definition) is 0. The van der Waals surface area contributed by atoms with Crippen molar-refractivity contribution in [2.24, 2.45) is 5.92 Å². The van der Waals surface area contributed by atoms with Gasteiger partial charge in [0.25, 0.3) is 0 Å². The van der Waals surface area contributed by atoms with Gasteiger partial charge in [-0.15, -0.1) is 0 Å². The molecule has 22 heavy (non-hydrogen) atoms. The van der Waals surface area contributed by atoms with Crippen LogP contribution in [0.15, 0.2) is 12.4 Å². The van der Waals surface area contributed by atoms with Crippen LogP contribution >= 0.6 is 0 Å². The van der Waals surface area contributed by atoms with Crippen molar-refractivity contribution in [1.82, 2.24) is 14.5 Å². The number of carbonyl (C=O) groups excluding carboxylic acids is 1. The van der Waals surface area contributed by atoms with Gasteiger partial charge >= 0.3 is 0 Å². The molecule has 1 fully saturated rings. The molecule has 1 aromatic rings. The summed E-state index contributed by atoms with van der Waals surface area (Å²) in [5.41, 5.74) is 0. The van der Waals surface area contributed by atoms with E-state index in [1.54, 1.807) is 0 Å². The first kappa shape index (κ1) is 15.5. The molecule has 0 unspecified atom stereocenters. The molecule has 5 heteroatoms. The summed E-state index contributed by atoms with van der Waals surface area (Å²) in [6.07, 6.45) is 12.3. The lowest BCUT2D eigenvalue weighted by Crippen LogP contribution is -2.37. The minimum absolute atomic E-state index is 0.111. The lowest BCUT2D eigenvalue weighted by molar-refractivity contribution is -0.138. The summed E-state index contributed by atoms with van der Waals surface area (Å²) >= 11 is 0. The SMILES string of the molecule is CN(C[C@@H]1CCn2ccnc2C1)C(=O)COC1CCCCC1. The second-order valence-electron chi connectivity index (χ2n) is 6.74. The molecule has 0 spiro atoms. The third-order valence-corrected chi connectivity index (χ3v) is 5.00.